The largest absolute Gasteiger partial charge is 0.293 e. The summed E-state index contributed by atoms with van der Waals surface area (Å²) in [6.45, 7) is 4.05. The third-order valence-electron chi connectivity index (χ3n) is 2.43. The minimum absolute atomic E-state index is 0.615. The van der Waals surface area contributed by atoms with Crippen LogP contribution >= 0.6 is 46.8 Å². The average molecular weight is 290 g/mol. The van der Waals surface area contributed by atoms with Gasteiger partial charge in [0.05, 0.1) is 15.7 Å². The van der Waals surface area contributed by atoms with Gasteiger partial charge >= 0.3 is 0 Å². The van der Waals surface area contributed by atoms with Crippen LogP contribution in [-0.2, 0) is 0 Å². The van der Waals surface area contributed by atoms with Crippen LogP contribution in [-0.4, -0.2) is 4.57 Å². The molecule has 0 unspecified atom stereocenters. The molecule has 1 heterocycles. The molecular formula is C11H9Cl2NS2. The molecule has 16 heavy (non-hydrogen) atoms. The smallest absolute Gasteiger partial charge is 0.166 e. The highest BCUT2D eigenvalue weighted by atomic mass is 35.5. The van der Waals surface area contributed by atoms with E-state index in [2.05, 4.69) is 0 Å². The normalized spacial score (nSPS) is 10.8. The number of aryl methyl sites for hydroxylation is 1. The average Bonchev–Trinajstić information content (AvgIpc) is 2.44. The van der Waals surface area contributed by atoms with Crippen molar-refractivity contribution in [2.75, 3.05) is 0 Å². The van der Waals surface area contributed by atoms with Gasteiger partial charge in [0, 0.05) is 10.6 Å². The molecule has 0 spiro atoms. The summed E-state index contributed by atoms with van der Waals surface area (Å²) in [5.74, 6) is 0. The molecule has 2 rings (SSSR count). The number of hydrogen-bond acceptors (Lipinski definition) is 2. The van der Waals surface area contributed by atoms with E-state index in [1.807, 2.05) is 36.6 Å². The maximum Gasteiger partial charge on any atom is 0.166 e. The number of thiazole rings is 1. The van der Waals surface area contributed by atoms with Crippen LogP contribution in [0, 0.1) is 17.8 Å². The van der Waals surface area contributed by atoms with Crippen LogP contribution < -0.4 is 0 Å². The lowest BCUT2D eigenvalue weighted by Gasteiger charge is -2.10. The van der Waals surface area contributed by atoms with Gasteiger partial charge in [0.25, 0.3) is 0 Å². The molecule has 0 atom stereocenters. The van der Waals surface area contributed by atoms with Crippen molar-refractivity contribution in [1.82, 2.24) is 4.57 Å². The van der Waals surface area contributed by atoms with Gasteiger partial charge in [-0.1, -0.05) is 29.3 Å². The van der Waals surface area contributed by atoms with Crippen LogP contribution in [0.2, 0.25) is 10.0 Å². The Morgan fingerprint density at radius 2 is 1.75 bits per heavy atom. The van der Waals surface area contributed by atoms with Gasteiger partial charge in [-0.2, -0.15) is 0 Å². The van der Waals surface area contributed by atoms with Gasteiger partial charge in [0.15, 0.2) is 3.95 Å². The molecule has 0 aliphatic carbocycles. The van der Waals surface area contributed by atoms with Crippen LogP contribution in [0.5, 0.6) is 0 Å². The number of hydrogen-bond donors (Lipinski definition) is 0. The number of para-hydroxylation sites is 1. The molecule has 0 fully saturated rings. The second-order valence-corrected chi connectivity index (χ2v) is 6.08. The van der Waals surface area contributed by atoms with Crippen molar-refractivity contribution in [3.63, 3.8) is 0 Å². The molecule has 0 saturated carbocycles. The third kappa shape index (κ3) is 1.93. The first-order valence-electron chi connectivity index (χ1n) is 4.66. The highest BCUT2D eigenvalue weighted by Crippen LogP contribution is 2.32. The standard InChI is InChI=1S/C11H9Cl2NS2/c1-6-7(2)16-11(15)14(6)10-8(12)4-3-5-9(10)13/h3-5H,1-2H3. The molecule has 1 nitrogen and oxygen atoms in total. The SMILES string of the molecule is Cc1sc(=S)n(-c2c(Cl)cccc2Cl)c1C. The van der Waals surface area contributed by atoms with Crippen LogP contribution in [0.4, 0.5) is 0 Å². The molecule has 0 N–H and O–H groups in total. The predicted octanol–water partition coefficient (Wildman–Crippen LogP) is 5.19. The van der Waals surface area contributed by atoms with Crippen molar-refractivity contribution >= 4 is 46.8 Å². The van der Waals surface area contributed by atoms with Crippen LogP contribution in [0.3, 0.4) is 0 Å². The van der Waals surface area contributed by atoms with Gasteiger partial charge in [0.1, 0.15) is 0 Å². The minimum atomic E-state index is 0.615. The summed E-state index contributed by atoms with van der Waals surface area (Å²) in [5.41, 5.74) is 1.86. The maximum atomic E-state index is 6.17. The summed E-state index contributed by atoms with van der Waals surface area (Å²) in [4.78, 5) is 1.18. The molecular weight excluding hydrogens is 281 g/mol. The van der Waals surface area contributed by atoms with Gasteiger partial charge in [-0.25, -0.2) is 0 Å². The molecule has 0 bridgehead atoms. The van der Waals surface area contributed by atoms with E-state index in [1.54, 1.807) is 11.3 Å². The van der Waals surface area contributed by atoms with Gasteiger partial charge < -0.3 is 0 Å². The molecule has 0 saturated heterocycles. The first kappa shape index (κ1) is 12.1. The fourth-order valence-electron chi connectivity index (χ4n) is 1.51. The second kappa shape index (κ2) is 4.49. The van der Waals surface area contributed by atoms with Crippen LogP contribution in [0.25, 0.3) is 5.69 Å². The zero-order valence-corrected chi connectivity index (χ0v) is 11.9. The van der Waals surface area contributed by atoms with E-state index >= 15 is 0 Å². The lowest BCUT2D eigenvalue weighted by atomic mass is 10.3. The van der Waals surface area contributed by atoms with Crippen LogP contribution in [0.15, 0.2) is 18.2 Å². The molecule has 0 aliphatic heterocycles. The van der Waals surface area contributed by atoms with Crippen LogP contribution in [0.1, 0.15) is 10.6 Å². The number of rotatable bonds is 1. The van der Waals surface area contributed by atoms with Crippen molar-refractivity contribution < 1.29 is 0 Å². The molecule has 0 aliphatic rings. The number of nitrogens with zero attached hydrogens (tertiary/aromatic N) is 1. The zero-order valence-electron chi connectivity index (χ0n) is 8.75. The van der Waals surface area contributed by atoms with Crippen molar-refractivity contribution in [1.29, 1.82) is 0 Å². The first-order chi connectivity index (χ1) is 7.52. The lowest BCUT2D eigenvalue weighted by Crippen LogP contribution is -1.98. The fourth-order valence-corrected chi connectivity index (χ4v) is 3.50. The first-order valence-corrected chi connectivity index (χ1v) is 6.64. The maximum absolute atomic E-state index is 6.17. The molecule has 1 aromatic carbocycles. The minimum Gasteiger partial charge on any atom is -0.293 e. The summed E-state index contributed by atoms with van der Waals surface area (Å²) >= 11 is 19.2. The monoisotopic (exact) mass is 289 g/mol. The van der Waals surface area contributed by atoms with Gasteiger partial charge in [-0.3, -0.25) is 4.57 Å². The Kier molecular flexibility index (Phi) is 3.40. The molecule has 84 valence electrons. The summed E-state index contributed by atoms with van der Waals surface area (Å²) in [6.07, 6.45) is 0. The Balaban J connectivity index is 2.82. The van der Waals surface area contributed by atoms with Gasteiger partial charge in [-0.05, 0) is 38.2 Å². The molecule has 1 aromatic heterocycles. The van der Waals surface area contributed by atoms with Gasteiger partial charge in [0.2, 0.25) is 0 Å². The summed E-state index contributed by atoms with van der Waals surface area (Å²) < 4.78 is 2.70. The van der Waals surface area contributed by atoms with E-state index in [1.165, 1.54) is 4.88 Å². The Labute approximate surface area is 113 Å². The van der Waals surface area contributed by atoms with Crippen molar-refractivity contribution in [3.8, 4) is 5.69 Å². The zero-order chi connectivity index (χ0) is 11.9. The van der Waals surface area contributed by atoms with Gasteiger partial charge in [-0.15, -0.1) is 11.3 Å². The number of halogens is 2. The quantitative estimate of drug-likeness (QED) is 0.654. The lowest BCUT2D eigenvalue weighted by molar-refractivity contribution is 0.995. The molecule has 0 amide bonds. The van der Waals surface area contributed by atoms with E-state index in [0.717, 1.165) is 15.3 Å². The van der Waals surface area contributed by atoms with Crippen molar-refractivity contribution in [2.24, 2.45) is 0 Å². The molecule has 2 aromatic rings. The van der Waals surface area contributed by atoms with E-state index < -0.39 is 0 Å². The fraction of sp³-hybridized carbons (Fsp3) is 0.182. The summed E-state index contributed by atoms with van der Waals surface area (Å²) in [5, 5.41) is 1.23. The Bertz CT molecular complexity index is 578. The van der Waals surface area contributed by atoms with E-state index in [-0.39, 0.29) is 0 Å². The Morgan fingerprint density at radius 1 is 1.19 bits per heavy atom. The number of benzene rings is 1. The predicted molar refractivity (Wildman–Crippen MR) is 74.0 cm³/mol. The van der Waals surface area contributed by atoms with E-state index in [0.29, 0.717) is 10.0 Å². The van der Waals surface area contributed by atoms with E-state index in [9.17, 15) is 0 Å². The Morgan fingerprint density at radius 3 is 2.19 bits per heavy atom. The highest BCUT2D eigenvalue weighted by Gasteiger charge is 2.13. The Hall–Kier alpha value is -0.350. The van der Waals surface area contributed by atoms with Crippen molar-refractivity contribution in [3.05, 3.63) is 42.8 Å². The second-order valence-electron chi connectivity index (χ2n) is 3.42. The topological polar surface area (TPSA) is 4.93 Å². The molecule has 0 radical (unpaired) electrons. The summed E-state index contributed by atoms with van der Waals surface area (Å²) in [6, 6.07) is 5.46. The van der Waals surface area contributed by atoms with E-state index in [4.69, 9.17) is 35.4 Å². The summed E-state index contributed by atoms with van der Waals surface area (Å²) in [7, 11) is 0. The molecule has 5 heteroatoms. The highest BCUT2D eigenvalue weighted by molar-refractivity contribution is 7.73. The van der Waals surface area contributed by atoms with Crippen molar-refractivity contribution in [2.45, 2.75) is 13.8 Å². The third-order valence-corrected chi connectivity index (χ3v) is 4.43. The number of aromatic nitrogens is 1.